The van der Waals surface area contributed by atoms with Crippen molar-refractivity contribution in [2.24, 2.45) is 0 Å². The van der Waals surface area contributed by atoms with Gasteiger partial charge in [-0.25, -0.2) is 18.4 Å². The molecule has 0 saturated carbocycles. The number of hydrogen-bond acceptors (Lipinski definition) is 6. The Morgan fingerprint density at radius 1 is 1.40 bits per heavy atom. The predicted molar refractivity (Wildman–Crippen MR) is 77.4 cm³/mol. The molecule has 20 heavy (non-hydrogen) atoms. The summed E-state index contributed by atoms with van der Waals surface area (Å²) in [6.45, 7) is 5.58. The van der Waals surface area contributed by atoms with Crippen LogP contribution in [0.25, 0.3) is 0 Å². The molecule has 0 aliphatic carbocycles. The van der Waals surface area contributed by atoms with E-state index in [0.717, 1.165) is 24.2 Å². The molecule has 0 bridgehead atoms. The van der Waals surface area contributed by atoms with Crippen molar-refractivity contribution in [2.45, 2.75) is 38.5 Å². The molecular weight excluding hydrogens is 278 g/mol. The molecule has 2 heterocycles. The topological polar surface area (TPSA) is 81.2 Å². The Balaban J connectivity index is 2.44. The molecule has 1 aromatic rings. The number of ether oxygens (including phenoxy) is 1. The van der Waals surface area contributed by atoms with Crippen molar-refractivity contribution in [1.29, 1.82) is 0 Å². The number of sulfone groups is 1. The number of anilines is 1. The maximum Gasteiger partial charge on any atom is 0.157 e. The molecule has 1 aliphatic rings. The maximum absolute atomic E-state index is 11.7. The van der Waals surface area contributed by atoms with Crippen LogP contribution in [0.15, 0.2) is 0 Å². The Kier molecular flexibility index (Phi) is 4.59. The van der Waals surface area contributed by atoms with Gasteiger partial charge >= 0.3 is 0 Å². The van der Waals surface area contributed by atoms with Gasteiger partial charge in [-0.05, 0) is 13.3 Å². The molecule has 1 aliphatic heterocycles. The lowest BCUT2D eigenvalue weighted by atomic mass is 10.1. The number of nitrogens with one attached hydrogen (secondary N) is 1. The van der Waals surface area contributed by atoms with E-state index in [1.807, 2.05) is 0 Å². The average Bonchev–Trinajstić information content (AvgIpc) is 2.42. The first kappa shape index (κ1) is 15.2. The van der Waals surface area contributed by atoms with Gasteiger partial charge in [-0.15, -0.1) is 0 Å². The van der Waals surface area contributed by atoms with Crippen LogP contribution in [-0.2, 0) is 27.6 Å². The number of fused-ring (bicyclic) bond motifs is 1. The van der Waals surface area contributed by atoms with Gasteiger partial charge in [-0.2, -0.15) is 0 Å². The number of hydrogen-bond donors (Lipinski definition) is 1. The Labute approximate surface area is 119 Å². The number of aromatic nitrogens is 2. The maximum atomic E-state index is 11.7. The Morgan fingerprint density at radius 3 is 2.80 bits per heavy atom. The summed E-state index contributed by atoms with van der Waals surface area (Å²) >= 11 is 0. The van der Waals surface area contributed by atoms with E-state index in [-0.39, 0.29) is 0 Å². The average molecular weight is 299 g/mol. The predicted octanol–water partition coefficient (Wildman–Crippen LogP) is 1.48. The monoisotopic (exact) mass is 299 g/mol. The van der Waals surface area contributed by atoms with Crippen molar-refractivity contribution in [3.05, 3.63) is 17.1 Å². The summed E-state index contributed by atoms with van der Waals surface area (Å²) in [5.41, 5.74) is 1.85. The van der Waals surface area contributed by atoms with Crippen LogP contribution in [0.5, 0.6) is 0 Å². The van der Waals surface area contributed by atoms with Gasteiger partial charge in [0.2, 0.25) is 0 Å². The second kappa shape index (κ2) is 6.05. The second-order valence-electron chi connectivity index (χ2n) is 5.06. The SMILES string of the molecule is CCCNc1nc(C(C)S(C)(=O)=O)nc2c1COCC2. The van der Waals surface area contributed by atoms with Crippen LogP contribution in [0.2, 0.25) is 0 Å². The Morgan fingerprint density at radius 2 is 2.15 bits per heavy atom. The quantitative estimate of drug-likeness (QED) is 0.887. The first-order valence-electron chi connectivity index (χ1n) is 6.83. The molecular formula is C13H21N3O3S. The van der Waals surface area contributed by atoms with Gasteiger partial charge in [0.1, 0.15) is 16.9 Å². The number of rotatable bonds is 5. The molecule has 1 N–H and O–H groups in total. The lowest BCUT2D eigenvalue weighted by Crippen LogP contribution is -2.21. The minimum Gasteiger partial charge on any atom is -0.376 e. The van der Waals surface area contributed by atoms with E-state index in [1.54, 1.807) is 6.92 Å². The summed E-state index contributed by atoms with van der Waals surface area (Å²) in [6.07, 6.45) is 2.88. The minimum atomic E-state index is -3.20. The first-order valence-corrected chi connectivity index (χ1v) is 8.79. The molecule has 0 fully saturated rings. The molecule has 6 nitrogen and oxygen atoms in total. The standard InChI is InChI=1S/C13H21N3O3S/c1-4-6-14-13-10-8-19-7-5-11(10)15-12(16-13)9(2)20(3,17)18/h9H,4-8H2,1-3H3,(H,14,15,16). The molecule has 1 unspecified atom stereocenters. The molecule has 1 atom stereocenters. The summed E-state index contributed by atoms with van der Waals surface area (Å²) in [4.78, 5) is 8.85. The highest BCUT2D eigenvalue weighted by molar-refractivity contribution is 7.90. The van der Waals surface area contributed by atoms with Gasteiger partial charge in [0.05, 0.1) is 18.9 Å². The highest BCUT2D eigenvalue weighted by Gasteiger charge is 2.25. The summed E-state index contributed by atoms with van der Waals surface area (Å²) in [5, 5.41) is 2.55. The van der Waals surface area contributed by atoms with Crippen molar-refractivity contribution in [3.63, 3.8) is 0 Å². The van der Waals surface area contributed by atoms with Crippen LogP contribution >= 0.6 is 0 Å². The summed E-state index contributed by atoms with van der Waals surface area (Å²) in [6, 6.07) is 0. The normalized spacial score (nSPS) is 16.6. The fourth-order valence-electron chi connectivity index (χ4n) is 2.01. The zero-order valence-corrected chi connectivity index (χ0v) is 13.0. The molecule has 2 rings (SSSR count). The van der Waals surface area contributed by atoms with Crippen molar-refractivity contribution in [2.75, 3.05) is 24.7 Å². The largest absolute Gasteiger partial charge is 0.376 e. The smallest absolute Gasteiger partial charge is 0.157 e. The second-order valence-corrected chi connectivity index (χ2v) is 7.42. The third-order valence-corrected chi connectivity index (χ3v) is 4.88. The third kappa shape index (κ3) is 3.27. The van der Waals surface area contributed by atoms with E-state index in [2.05, 4.69) is 22.2 Å². The molecule has 7 heteroatoms. The fraction of sp³-hybridized carbons (Fsp3) is 0.692. The minimum absolute atomic E-state index is 0.367. The van der Waals surface area contributed by atoms with Crippen molar-refractivity contribution >= 4 is 15.7 Å². The molecule has 0 spiro atoms. The molecule has 0 saturated heterocycles. The van der Waals surface area contributed by atoms with Crippen molar-refractivity contribution in [1.82, 2.24) is 9.97 Å². The highest BCUT2D eigenvalue weighted by Crippen LogP contribution is 2.26. The Hall–Kier alpha value is -1.21. The Bertz CT molecular complexity index is 587. The summed E-state index contributed by atoms with van der Waals surface area (Å²) < 4.78 is 28.8. The third-order valence-electron chi connectivity index (χ3n) is 3.39. The van der Waals surface area contributed by atoms with Crippen molar-refractivity contribution in [3.8, 4) is 0 Å². The van der Waals surface area contributed by atoms with Gasteiger partial charge in [0, 0.05) is 24.8 Å². The molecule has 0 radical (unpaired) electrons. The van der Waals surface area contributed by atoms with Crippen LogP contribution in [0.3, 0.4) is 0 Å². The van der Waals surface area contributed by atoms with Crippen LogP contribution in [0, 0.1) is 0 Å². The summed E-state index contributed by atoms with van der Waals surface area (Å²) in [5.74, 6) is 1.08. The van der Waals surface area contributed by atoms with Crippen LogP contribution in [-0.4, -0.2) is 37.8 Å². The van der Waals surface area contributed by atoms with Crippen LogP contribution in [0.1, 0.15) is 42.6 Å². The van der Waals surface area contributed by atoms with E-state index in [9.17, 15) is 8.42 Å². The van der Waals surface area contributed by atoms with E-state index in [4.69, 9.17) is 4.74 Å². The molecule has 1 aromatic heterocycles. The van der Waals surface area contributed by atoms with Gasteiger partial charge in [-0.3, -0.25) is 0 Å². The lowest BCUT2D eigenvalue weighted by Gasteiger charge is -2.21. The van der Waals surface area contributed by atoms with Gasteiger partial charge in [0.25, 0.3) is 0 Å². The van der Waals surface area contributed by atoms with Gasteiger partial charge in [-0.1, -0.05) is 6.92 Å². The first-order chi connectivity index (χ1) is 9.43. The highest BCUT2D eigenvalue weighted by atomic mass is 32.2. The zero-order chi connectivity index (χ0) is 14.8. The van der Waals surface area contributed by atoms with Crippen LogP contribution < -0.4 is 5.32 Å². The molecule has 112 valence electrons. The van der Waals surface area contributed by atoms with E-state index >= 15 is 0 Å². The van der Waals surface area contributed by atoms with Gasteiger partial charge in [0.15, 0.2) is 9.84 Å². The van der Waals surface area contributed by atoms with Crippen LogP contribution in [0.4, 0.5) is 5.82 Å². The fourth-order valence-corrected chi connectivity index (χ4v) is 2.50. The van der Waals surface area contributed by atoms with E-state index in [1.165, 1.54) is 6.26 Å². The van der Waals surface area contributed by atoms with E-state index < -0.39 is 15.1 Å². The van der Waals surface area contributed by atoms with Gasteiger partial charge < -0.3 is 10.1 Å². The van der Waals surface area contributed by atoms with Crippen molar-refractivity contribution < 1.29 is 13.2 Å². The molecule has 0 aromatic carbocycles. The molecule has 0 amide bonds. The summed E-state index contributed by atoms with van der Waals surface area (Å²) in [7, 11) is -3.20. The van der Waals surface area contributed by atoms with E-state index in [0.29, 0.717) is 31.3 Å². The lowest BCUT2D eigenvalue weighted by molar-refractivity contribution is 0.109. The zero-order valence-electron chi connectivity index (χ0n) is 12.1. The number of nitrogens with zero attached hydrogens (tertiary/aromatic N) is 2.